The Kier molecular flexibility index (Phi) is 5.22. The molecule has 0 bridgehead atoms. The zero-order valence-corrected chi connectivity index (χ0v) is 13.5. The minimum Gasteiger partial charge on any atom is -0.336 e. The van der Waals surface area contributed by atoms with E-state index in [4.69, 9.17) is 0 Å². The first-order valence-corrected chi connectivity index (χ1v) is 7.86. The van der Waals surface area contributed by atoms with E-state index in [0.29, 0.717) is 12.1 Å². The molecule has 1 aromatic rings. The van der Waals surface area contributed by atoms with Gasteiger partial charge in [-0.2, -0.15) is 0 Å². The molecule has 1 aliphatic rings. The average Bonchev–Trinajstić information content (AvgIpc) is 2.87. The Balaban J connectivity index is 1.90. The van der Waals surface area contributed by atoms with Crippen LogP contribution in [-0.4, -0.2) is 46.7 Å². The van der Waals surface area contributed by atoms with E-state index in [-0.39, 0.29) is 5.41 Å². The second-order valence-corrected chi connectivity index (χ2v) is 7.22. The van der Waals surface area contributed by atoms with Crippen LogP contribution in [0.15, 0.2) is 18.7 Å². The van der Waals surface area contributed by atoms with Crippen molar-refractivity contribution in [1.29, 1.82) is 0 Å². The molecule has 1 N–H and O–H groups in total. The Morgan fingerprint density at radius 2 is 2.15 bits per heavy atom. The first-order valence-electron chi connectivity index (χ1n) is 7.86. The Morgan fingerprint density at radius 3 is 2.75 bits per heavy atom. The fraction of sp³-hybridized carbons (Fsp3) is 0.812. The van der Waals surface area contributed by atoms with Crippen LogP contribution < -0.4 is 5.32 Å². The van der Waals surface area contributed by atoms with Crippen molar-refractivity contribution in [3.8, 4) is 0 Å². The Labute approximate surface area is 123 Å². The second kappa shape index (κ2) is 6.72. The van der Waals surface area contributed by atoms with Crippen molar-refractivity contribution in [2.45, 2.75) is 58.7 Å². The molecule has 4 heteroatoms. The normalized spacial score (nSPS) is 22.9. The summed E-state index contributed by atoms with van der Waals surface area (Å²) in [6, 6.07) is 1.16. The molecule has 0 amide bonds. The first-order chi connectivity index (χ1) is 9.47. The Bertz CT molecular complexity index is 380. The molecule has 2 atom stereocenters. The number of hydrogen-bond donors (Lipinski definition) is 1. The number of hydrogen-bond acceptors (Lipinski definition) is 3. The summed E-state index contributed by atoms with van der Waals surface area (Å²) in [4.78, 5) is 6.65. The number of rotatable bonds is 5. The molecular weight excluding hydrogens is 248 g/mol. The summed E-state index contributed by atoms with van der Waals surface area (Å²) in [6.45, 7) is 10.3. The Hall–Kier alpha value is -0.870. The summed E-state index contributed by atoms with van der Waals surface area (Å²) in [5.41, 5.74) is 0.248. The molecule has 0 aromatic carbocycles. The molecule has 0 radical (unpaired) electrons. The lowest BCUT2D eigenvalue weighted by molar-refractivity contribution is 0.159. The van der Waals surface area contributed by atoms with Gasteiger partial charge >= 0.3 is 0 Å². The number of aromatic nitrogens is 2. The van der Waals surface area contributed by atoms with Crippen LogP contribution in [0, 0.1) is 5.41 Å². The lowest BCUT2D eigenvalue weighted by Gasteiger charge is -2.37. The molecule has 0 saturated carbocycles. The van der Waals surface area contributed by atoms with Crippen LogP contribution in [0.3, 0.4) is 0 Å². The van der Waals surface area contributed by atoms with Gasteiger partial charge in [0, 0.05) is 37.6 Å². The number of likely N-dealkylation sites (tertiary alicyclic amines) is 1. The van der Waals surface area contributed by atoms with Crippen molar-refractivity contribution in [3.05, 3.63) is 18.7 Å². The molecular formula is C16H30N4. The topological polar surface area (TPSA) is 33.1 Å². The molecule has 2 unspecified atom stereocenters. The van der Waals surface area contributed by atoms with Crippen molar-refractivity contribution in [3.63, 3.8) is 0 Å². The number of nitrogens with zero attached hydrogens (tertiary/aromatic N) is 3. The fourth-order valence-electron chi connectivity index (χ4n) is 2.93. The molecule has 1 aromatic heterocycles. The summed E-state index contributed by atoms with van der Waals surface area (Å²) in [5.74, 6) is 0. The van der Waals surface area contributed by atoms with Crippen LogP contribution >= 0.6 is 0 Å². The predicted molar refractivity (Wildman–Crippen MR) is 83.7 cm³/mol. The van der Waals surface area contributed by atoms with Crippen molar-refractivity contribution >= 4 is 0 Å². The summed E-state index contributed by atoms with van der Waals surface area (Å²) in [7, 11) is 2.26. The number of imidazole rings is 1. The van der Waals surface area contributed by atoms with E-state index in [1.165, 1.54) is 25.8 Å². The van der Waals surface area contributed by atoms with Gasteiger partial charge in [0.05, 0.1) is 6.33 Å². The van der Waals surface area contributed by atoms with Gasteiger partial charge in [0.15, 0.2) is 0 Å². The van der Waals surface area contributed by atoms with Gasteiger partial charge in [-0.3, -0.25) is 0 Å². The lowest BCUT2D eigenvalue weighted by atomic mass is 9.86. The van der Waals surface area contributed by atoms with Crippen LogP contribution in [0.4, 0.5) is 0 Å². The maximum Gasteiger partial charge on any atom is 0.0946 e. The van der Waals surface area contributed by atoms with Crippen molar-refractivity contribution < 1.29 is 0 Å². The van der Waals surface area contributed by atoms with E-state index in [1.54, 1.807) is 0 Å². The highest BCUT2D eigenvalue weighted by atomic mass is 15.2. The van der Waals surface area contributed by atoms with Gasteiger partial charge in [-0.1, -0.05) is 27.2 Å². The van der Waals surface area contributed by atoms with E-state index in [1.807, 2.05) is 18.7 Å². The van der Waals surface area contributed by atoms with Crippen LogP contribution in [0.1, 0.15) is 40.0 Å². The van der Waals surface area contributed by atoms with E-state index >= 15 is 0 Å². The quantitative estimate of drug-likeness (QED) is 0.897. The number of likely N-dealkylation sites (N-methyl/N-ethyl adjacent to an activating group) is 1. The van der Waals surface area contributed by atoms with E-state index in [2.05, 4.69) is 47.6 Å². The number of nitrogens with one attached hydrogen (secondary N) is 1. The predicted octanol–water partition coefficient (Wildman–Crippen LogP) is 2.37. The Morgan fingerprint density at radius 1 is 1.35 bits per heavy atom. The molecule has 0 aliphatic carbocycles. The van der Waals surface area contributed by atoms with Crippen molar-refractivity contribution in [2.75, 3.05) is 20.1 Å². The van der Waals surface area contributed by atoms with Gasteiger partial charge in [-0.15, -0.1) is 0 Å². The van der Waals surface area contributed by atoms with Crippen LogP contribution in [0.25, 0.3) is 0 Å². The van der Waals surface area contributed by atoms with Gasteiger partial charge in [0.25, 0.3) is 0 Å². The zero-order valence-electron chi connectivity index (χ0n) is 13.5. The molecule has 2 rings (SSSR count). The fourth-order valence-corrected chi connectivity index (χ4v) is 2.93. The lowest BCUT2D eigenvalue weighted by Crippen LogP contribution is -2.50. The zero-order chi connectivity index (χ0) is 14.6. The molecule has 1 fully saturated rings. The largest absolute Gasteiger partial charge is 0.336 e. The third-order valence-corrected chi connectivity index (χ3v) is 4.52. The van der Waals surface area contributed by atoms with Crippen LogP contribution in [-0.2, 0) is 6.54 Å². The third kappa shape index (κ3) is 4.32. The highest BCUT2D eigenvalue weighted by Crippen LogP contribution is 2.22. The maximum atomic E-state index is 4.15. The maximum absolute atomic E-state index is 4.15. The molecule has 20 heavy (non-hydrogen) atoms. The van der Waals surface area contributed by atoms with Gasteiger partial charge in [0.1, 0.15) is 0 Å². The van der Waals surface area contributed by atoms with Crippen LogP contribution in [0.5, 0.6) is 0 Å². The van der Waals surface area contributed by atoms with Gasteiger partial charge in [-0.05, 0) is 31.8 Å². The highest BCUT2D eigenvalue weighted by molar-refractivity contribution is 4.86. The number of piperidine rings is 1. The molecule has 0 spiro atoms. The smallest absolute Gasteiger partial charge is 0.0946 e. The standard InChI is InChI=1S/C16H30N4/c1-16(2,3)15(12-20-10-8-17-13-20)18-11-14-7-5-6-9-19(14)4/h8,10,13-15,18H,5-7,9,11-12H2,1-4H3. The summed E-state index contributed by atoms with van der Waals surface area (Å²) in [6.07, 6.45) is 9.86. The second-order valence-electron chi connectivity index (χ2n) is 7.22. The first kappa shape index (κ1) is 15.5. The highest BCUT2D eigenvalue weighted by Gasteiger charge is 2.26. The summed E-state index contributed by atoms with van der Waals surface area (Å²) >= 11 is 0. The van der Waals surface area contributed by atoms with Crippen molar-refractivity contribution in [1.82, 2.24) is 19.8 Å². The average molecular weight is 278 g/mol. The molecule has 4 nitrogen and oxygen atoms in total. The summed E-state index contributed by atoms with van der Waals surface area (Å²) < 4.78 is 2.17. The van der Waals surface area contributed by atoms with E-state index < -0.39 is 0 Å². The molecule has 1 aliphatic heterocycles. The molecule has 2 heterocycles. The SMILES string of the molecule is CN1CCCCC1CNC(Cn1ccnc1)C(C)(C)C. The van der Waals surface area contributed by atoms with Gasteiger partial charge < -0.3 is 14.8 Å². The minimum absolute atomic E-state index is 0.248. The third-order valence-electron chi connectivity index (χ3n) is 4.52. The van der Waals surface area contributed by atoms with E-state index in [9.17, 15) is 0 Å². The van der Waals surface area contributed by atoms with Gasteiger partial charge in [-0.25, -0.2) is 4.98 Å². The summed E-state index contributed by atoms with van der Waals surface area (Å²) in [5, 5.41) is 3.81. The van der Waals surface area contributed by atoms with Crippen LogP contribution in [0.2, 0.25) is 0 Å². The minimum atomic E-state index is 0.248. The van der Waals surface area contributed by atoms with Crippen molar-refractivity contribution in [2.24, 2.45) is 5.41 Å². The molecule has 114 valence electrons. The monoisotopic (exact) mass is 278 g/mol. The molecule has 1 saturated heterocycles. The van der Waals surface area contributed by atoms with E-state index in [0.717, 1.165) is 13.1 Å². The van der Waals surface area contributed by atoms with Gasteiger partial charge in [0.2, 0.25) is 0 Å².